The Morgan fingerprint density at radius 2 is 2.43 bits per heavy atom. The zero-order valence-corrected chi connectivity index (χ0v) is 8.41. The van der Waals surface area contributed by atoms with Crippen LogP contribution in [0.2, 0.25) is 5.02 Å². The number of hydrogen-bond acceptors (Lipinski definition) is 3. The molecule has 1 aromatic heterocycles. The third-order valence-electron chi connectivity index (χ3n) is 2.22. The van der Waals surface area contributed by atoms with Crippen molar-refractivity contribution < 1.29 is 4.74 Å². The van der Waals surface area contributed by atoms with E-state index in [-0.39, 0.29) is 11.8 Å². The van der Waals surface area contributed by atoms with E-state index in [2.05, 4.69) is 5.10 Å². The Morgan fingerprint density at radius 1 is 1.57 bits per heavy atom. The minimum atomic E-state index is -0.214. The van der Waals surface area contributed by atoms with Crippen molar-refractivity contribution in [1.29, 1.82) is 0 Å². The molecular weight excluding hydrogens is 204 g/mol. The predicted molar refractivity (Wildman–Crippen MR) is 52.3 cm³/mol. The summed E-state index contributed by atoms with van der Waals surface area (Å²) in [6.07, 6.45) is 4.21. The van der Waals surface area contributed by atoms with E-state index in [9.17, 15) is 4.79 Å². The molecule has 2 heterocycles. The molecule has 5 heteroatoms. The fourth-order valence-electron chi connectivity index (χ4n) is 1.53. The van der Waals surface area contributed by atoms with Crippen molar-refractivity contribution >= 4 is 11.6 Å². The molecule has 4 nitrogen and oxygen atoms in total. The summed E-state index contributed by atoms with van der Waals surface area (Å²) in [4.78, 5) is 11.5. The third-order valence-corrected chi connectivity index (χ3v) is 2.43. The van der Waals surface area contributed by atoms with Gasteiger partial charge in [-0.3, -0.25) is 4.79 Å². The van der Waals surface area contributed by atoms with E-state index < -0.39 is 0 Å². The number of ether oxygens (including phenoxy) is 1. The Hall–Kier alpha value is -0.870. The van der Waals surface area contributed by atoms with Crippen molar-refractivity contribution in [3.05, 3.63) is 27.6 Å². The first-order valence-electron chi connectivity index (χ1n) is 4.63. The van der Waals surface area contributed by atoms with Gasteiger partial charge >= 0.3 is 0 Å². The van der Waals surface area contributed by atoms with Crippen LogP contribution in [-0.4, -0.2) is 16.4 Å². The van der Waals surface area contributed by atoms with Crippen molar-refractivity contribution in [3.63, 3.8) is 0 Å². The summed E-state index contributed by atoms with van der Waals surface area (Å²) in [5, 5.41) is 4.31. The van der Waals surface area contributed by atoms with Gasteiger partial charge in [0.05, 0.1) is 11.2 Å². The zero-order chi connectivity index (χ0) is 9.97. The Bertz CT molecular complexity index is 371. The molecule has 0 radical (unpaired) electrons. The Labute approximate surface area is 86.4 Å². The van der Waals surface area contributed by atoms with Gasteiger partial charge in [0.2, 0.25) is 0 Å². The molecule has 0 saturated carbocycles. The molecule has 14 heavy (non-hydrogen) atoms. The molecular formula is C9H11ClN2O2. The summed E-state index contributed by atoms with van der Waals surface area (Å²) in [5.74, 6) is 0. The summed E-state index contributed by atoms with van der Waals surface area (Å²) in [6, 6.07) is 1.35. The molecule has 1 saturated heterocycles. The lowest BCUT2D eigenvalue weighted by molar-refractivity contribution is -0.0424. The molecule has 1 aromatic rings. The van der Waals surface area contributed by atoms with Crippen LogP contribution in [0.15, 0.2) is 17.1 Å². The molecule has 0 N–H and O–H groups in total. The standard InChI is InChI=1S/C9H11ClN2O2/c10-7-5-8(13)12(11-6-7)9-3-1-2-4-14-9/h5-6,9H,1-4H2. The summed E-state index contributed by atoms with van der Waals surface area (Å²) >= 11 is 5.64. The minimum absolute atomic E-state index is 0.204. The Morgan fingerprint density at radius 3 is 3.07 bits per heavy atom. The van der Waals surface area contributed by atoms with Crippen molar-refractivity contribution in [1.82, 2.24) is 9.78 Å². The number of aromatic nitrogens is 2. The minimum Gasteiger partial charge on any atom is -0.356 e. The van der Waals surface area contributed by atoms with E-state index >= 15 is 0 Å². The summed E-state index contributed by atoms with van der Waals surface area (Å²) in [5.41, 5.74) is -0.204. The first-order valence-corrected chi connectivity index (χ1v) is 5.01. The fourth-order valence-corrected chi connectivity index (χ4v) is 1.67. The zero-order valence-electron chi connectivity index (χ0n) is 7.65. The highest BCUT2D eigenvalue weighted by Crippen LogP contribution is 2.19. The van der Waals surface area contributed by atoms with Gasteiger partial charge in [0.25, 0.3) is 5.56 Å². The average molecular weight is 215 g/mol. The molecule has 0 amide bonds. The van der Waals surface area contributed by atoms with Gasteiger partial charge in [-0.1, -0.05) is 11.6 Å². The second kappa shape index (κ2) is 4.11. The summed E-state index contributed by atoms with van der Waals surface area (Å²) in [7, 11) is 0. The first kappa shape index (κ1) is 9.68. The number of rotatable bonds is 1. The molecule has 2 rings (SSSR count). The fraction of sp³-hybridized carbons (Fsp3) is 0.556. The molecule has 1 aliphatic heterocycles. The van der Waals surface area contributed by atoms with Crippen molar-refractivity contribution in [2.75, 3.05) is 6.61 Å². The van der Waals surface area contributed by atoms with Crippen LogP contribution in [0.3, 0.4) is 0 Å². The Kier molecular flexibility index (Phi) is 2.84. The lowest BCUT2D eigenvalue weighted by Crippen LogP contribution is -2.30. The van der Waals surface area contributed by atoms with Gasteiger partial charge in [0.1, 0.15) is 0 Å². The van der Waals surface area contributed by atoms with Crippen LogP contribution in [0.1, 0.15) is 25.5 Å². The van der Waals surface area contributed by atoms with Crippen LogP contribution < -0.4 is 5.56 Å². The Balaban J connectivity index is 2.26. The maximum absolute atomic E-state index is 11.5. The molecule has 1 aliphatic rings. The van der Waals surface area contributed by atoms with E-state index in [0.29, 0.717) is 11.6 Å². The van der Waals surface area contributed by atoms with E-state index in [0.717, 1.165) is 19.3 Å². The van der Waals surface area contributed by atoms with Crippen LogP contribution in [0.4, 0.5) is 0 Å². The molecule has 0 spiro atoms. The molecule has 1 fully saturated rings. The first-order chi connectivity index (χ1) is 6.77. The van der Waals surface area contributed by atoms with E-state index in [4.69, 9.17) is 16.3 Å². The monoisotopic (exact) mass is 214 g/mol. The number of hydrogen-bond donors (Lipinski definition) is 0. The van der Waals surface area contributed by atoms with E-state index in [1.54, 1.807) is 0 Å². The van der Waals surface area contributed by atoms with Crippen molar-refractivity contribution in [3.8, 4) is 0 Å². The molecule has 0 aromatic carbocycles. The van der Waals surface area contributed by atoms with Gasteiger partial charge in [-0.25, -0.2) is 4.68 Å². The van der Waals surface area contributed by atoms with Crippen LogP contribution >= 0.6 is 11.6 Å². The van der Waals surface area contributed by atoms with Crippen molar-refractivity contribution in [2.45, 2.75) is 25.5 Å². The highest BCUT2D eigenvalue weighted by atomic mass is 35.5. The van der Waals surface area contributed by atoms with E-state index in [1.807, 2.05) is 0 Å². The highest BCUT2D eigenvalue weighted by molar-refractivity contribution is 6.30. The quantitative estimate of drug-likeness (QED) is 0.713. The van der Waals surface area contributed by atoms with Gasteiger partial charge in [-0.15, -0.1) is 0 Å². The number of nitrogens with zero attached hydrogens (tertiary/aromatic N) is 2. The molecule has 1 atom stereocenters. The summed E-state index contributed by atoms with van der Waals surface area (Å²) < 4.78 is 6.79. The largest absolute Gasteiger partial charge is 0.356 e. The lowest BCUT2D eigenvalue weighted by atomic mass is 10.2. The van der Waals surface area contributed by atoms with Gasteiger partial charge in [0, 0.05) is 12.7 Å². The topological polar surface area (TPSA) is 44.1 Å². The second-order valence-electron chi connectivity index (χ2n) is 3.28. The normalized spacial score (nSPS) is 22.2. The summed E-state index contributed by atoms with van der Waals surface area (Å²) in [6.45, 7) is 0.696. The molecule has 1 unspecified atom stereocenters. The van der Waals surface area contributed by atoms with Crippen LogP contribution in [0.5, 0.6) is 0 Å². The van der Waals surface area contributed by atoms with Gasteiger partial charge in [-0.2, -0.15) is 5.10 Å². The molecule has 0 bridgehead atoms. The average Bonchev–Trinajstić information content (AvgIpc) is 2.19. The van der Waals surface area contributed by atoms with Crippen LogP contribution in [-0.2, 0) is 4.74 Å². The lowest BCUT2D eigenvalue weighted by Gasteiger charge is -2.22. The van der Waals surface area contributed by atoms with Crippen LogP contribution in [0.25, 0.3) is 0 Å². The van der Waals surface area contributed by atoms with Gasteiger partial charge in [-0.05, 0) is 19.3 Å². The SMILES string of the molecule is O=c1cc(Cl)cnn1C1CCCCO1. The van der Waals surface area contributed by atoms with Gasteiger partial charge in [0.15, 0.2) is 6.23 Å². The maximum Gasteiger partial charge on any atom is 0.270 e. The molecule has 76 valence electrons. The maximum atomic E-state index is 11.5. The van der Waals surface area contributed by atoms with Gasteiger partial charge < -0.3 is 4.74 Å². The second-order valence-corrected chi connectivity index (χ2v) is 3.71. The number of halogens is 1. The third kappa shape index (κ3) is 1.96. The van der Waals surface area contributed by atoms with Crippen LogP contribution in [0, 0.1) is 0 Å². The highest BCUT2D eigenvalue weighted by Gasteiger charge is 2.17. The smallest absolute Gasteiger partial charge is 0.270 e. The van der Waals surface area contributed by atoms with E-state index in [1.165, 1.54) is 16.9 Å². The predicted octanol–water partition coefficient (Wildman–Crippen LogP) is 1.60. The molecule has 0 aliphatic carbocycles. The van der Waals surface area contributed by atoms with Crippen molar-refractivity contribution in [2.24, 2.45) is 0 Å².